The van der Waals surface area contributed by atoms with Crippen LogP contribution < -0.4 is 0 Å². The number of benzene rings is 2. The molecular weight excluding hydrogens is 318 g/mol. The second-order valence-corrected chi connectivity index (χ2v) is 7.40. The summed E-state index contributed by atoms with van der Waals surface area (Å²) in [6, 6.07) is 15.3. The van der Waals surface area contributed by atoms with Crippen LogP contribution in [0.4, 0.5) is 0 Å². The minimum Gasteiger partial charge on any atom is -0.268 e. The van der Waals surface area contributed by atoms with E-state index in [1.807, 2.05) is 12.1 Å². The van der Waals surface area contributed by atoms with E-state index in [1.54, 1.807) is 24.3 Å². The highest BCUT2D eigenvalue weighted by Gasteiger charge is 2.36. The Kier molecular flexibility index (Phi) is 4.15. The van der Waals surface area contributed by atoms with E-state index in [2.05, 4.69) is 12.1 Å². The minimum atomic E-state index is -0.209. The van der Waals surface area contributed by atoms with E-state index in [9.17, 15) is 9.59 Å². The number of rotatable bonds is 3. The Morgan fingerprint density at radius 1 is 0.792 bits per heavy atom. The van der Waals surface area contributed by atoms with Gasteiger partial charge >= 0.3 is 0 Å². The van der Waals surface area contributed by atoms with Gasteiger partial charge in [-0.1, -0.05) is 49.6 Å². The Labute approximate surface area is 146 Å². The lowest BCUT2D eigenvalue weighted by Crippen LogP contribution is -2.22. The van der Waals surface area contributed by atoms with Crippen LogP contribution in [0.15, 0.2) is 53.4 Å². The van der Waals surface area contributed by atoms with Crippen LogP contribution in [0.25, 0.3) is 0 Å². The first-order chi connectivity index (χ1) is 11.8. The van der Waals surface area contributed by atoms with Crippen LogP contribution in [0.3, 0.4) is 0 Å². The maximum Gasteiger partial charge on any atom is 0.272 e. The third-order valence-corrected chi connectivity index (χ3v) is 5.99. The van der Waals surface area contributed by atoms with Crippen LogP contribution in [-0.4, -0.2) is 16.1 Å². The van der Waals surface area contributed by atoms with Crippen LogP contribution in [0.5, 0.6) is 0 Å². The van der Waals surface area contributed by atoms with Gasteiger partial charge in [-0.3, -0.25) is 9.59 Å². The van der Waals surface area contributed by atoms with Crippen molar-refractivity contribution >= 4 is 23.8 Å². The summed E-state index contributed by atoms with van der Waals surface area (Å²) in [7, 11) is 0. The van der Waals surface area contributed by atoms with Crippen molar-refractivity contribution in [2.45, 2.75) is 42.9 Å². The van der Waals surface area contributed by atoms with E-state index in [4.69, 9.17) is 0 Å². The molecule has 0 unspecified atom stereocenters. The van der Waals surface area contributed by atoms with E-state index in [1.165, 1.54) is 53.9 Å². The van der Waals surface area contributed by atoms with Crippen molar-refractivity contribution in [1.29, 1.82) is 0 Å². The van der Waals surface area contributed by atoms with E-state index >= 15 is 0 Å². The van der Waals surface area contributed by atoms with Crippen LogP contribution in [0.2, 0.25) is 0 Å². The molecule has 1 heterocycles. The average Bonchev–Trinajstić information content (AvgIpc) is 2.88. The van der Waals surface area contributed by atoms with Crippen LogP contribution in [0, 0.1) is 0 Å². The summed E-state index contributed by atoms with van der Waals surface area (Å²) in [6.07, 6.45) is 6.22. The summed E-state index contributed by atoms with van der Waals surface area (Å²) < 4.78 is 1.31. The Morgan fingerprint density at radius 3 is 2.04 bits per heavy atom. The molecule has 3 nitrogen and oxygen atoms in total. The van der Waals surface area contributed by atoms with Crippen LogP contribution >= 0.6 is 11.9 Å². The number of carbonyl (C=O) groups is 2. The molecule has 24 heavy (non-hydrogen) atoms. The largest absolute Gasteiger partial charge is 0.272 e. The van der Waals surface area contributed by atoms with E-state index in [0.29, 0.717) is 17.0 Å². The molecule has 1 fully saturated rings. The number of fused-ring (bicyclic) bond motifs is 1. The lowest BCUT2D eigenvalue weighted by atomic mass is 9.84. The summed E-state index contributed by atoms with van der Waals surface area (Å²) >= 11 is 1.28. The number of hydrogen-bond acceptors (Lipinski definition) is 3. The van der Waals surface area contributed by atoms with Crippen molar-refractivity contribution in [2.75, 3.05) is 0 Å². The maximum atomic E-state index is 12.6. The standard InChI is InChI=1S/C20H19NO2S/c22-19-16-11-4-5-12-17(16)20(23)21(19)24-18-13-7-6-10-15(18)14-8-2-1-3-9-14/h4-7,10-14H,1-3,8-9H2. The SMILES string of the molecule is O=C1c2ccccc2C(=O)N1Sc1ccccc1C1CCCCC1. The smallest absolute Gasteiger partial charge is 0.268 e. The highest BCUT2D eigenvalue weighted by atomic mass is 32.2. The van der Waals surface area contributed by atoms with Gasteiger partial charge in [0.15, 0.2) is 0 Å². The molecule has 122 valence electrons. The van der Waals surface area contributed by atoms with Crippen molar-refractivity contribution < 1.29 is 9.59 Å². The molecule has 0 atom stereocenters. The molecule has 2 aromatic carbocycles. The molecule has 0 N–H and O–H groups in total. The Bertz CT molecular complexity index is 761. The molecule has 4 heteroatoms. The molecule has 0 bridgehead atoms. The third kappa shape index (κ3) is 2.65. The molecule has 2 aliphatic rings. The predicted molar refractivity (Wildman–Crippen MR) is 95.1 cm³/mol. The summed E-state index contributed by atoms with van der Waals surface area (Å²) in [6.45, 7) is 0. The lowest BCUT2D eigenvalue weighted by Gasteiger charge is -2.25. The molecule has 0 spiro atoms. The summed E-state index contributed by atoms with van der Waals surface area (Å²) in [5, 5.41) is 0. The predicted octanol–water partition coefficient (Wildman–Crippen LogP) is 5.04. The second-order valence-electron chi connectivity index (χ2n) is 6.41. The van der Waals surface area contributed by atoms with Gasteiger partial charge in [-0.15, -0.1) is 0 Å². The normalized spacial score (nSPS) is 18.1. The first-order valence-electron chi connectivity index (χ1n) is 8.50. The fraction of sp³-hybridized carbons (Fsp3) is 0.300. The van der Waals surface area contributed by atoms with Crippen molar-refractivity contribution in [3.8, 4) is 0 Å². The fourth-order valence-electron chi connectivity index (χ4n) is 3.66. The van der Waals surface area contributed by atoms with Gasteiger partial charge < -0.3 is 0 Å². The molecule has 1 saturated carbocycles. The monoisotopic (exact) mass is 337 g/mol. The minimum absolute atomic E-state index is 0.209. The average molecular weight is 337 g/mol. The van der Waals surface area contributed by atoms with Gasteiger partial charge in [-0.05, 0) is 54.5 Å². The van der Waals surface area contributed by atoms with Crippen molar-refractivity contribution in [3.63, 3.8) is 0 Å². The Hall–Kier alpha value is -2.07. The molecular formula is C20H19NO2S. The fourth-order valence-corrected chi connectivity index (χ4v) is 4.70. The summed E-state index contributed by atoms with van der Waals surface area (Å²) in [5.74, 6) is 0.121. The topological polar surface area (TPSA) is 37.4 Å². The molecule has 4 rings (SSSR count). The molecule has 2 amide bonds. The Balaban J connectivity index is 1.63. The zero-order chi connectivity index (χ0) is 16.5. The number of imide groups is 1. The van der Waals surface area contributed by atoms with E-state index in [-0.39, 0.29) is 11.8 Å². The van der Waals surface area contributed by atoms with Gasteiger partial charge in [0.1, 0.15) is 0 Å². The molecule has 1 aliphatic carbocycles. The van der Waals surface area contributed by atoms with Gasteiger partial charge in [0.2, 0.25) is 0 Å². The molecule has 0 radical (unpaired) electrons. The van der Waals surface area contributed by atoms with Crippen LogP contribution in [-0.2, 0) is 0 Å². The van der Waals surface area contributed by atoms with Crippen molar-refractivity contribution in [1.82, 2.24) is 4.31 Å². The number of amides is 2. The third-order valence-electron chi connectivity index (χ3n) is 4.91. The van der Waals surface area contributed by atoms with Gasteiger partial charge in [0.25, 0.3) is 11.8 Å². The number of nitrogens with zero attached hydrogens (tertiary/aromatic N) is 1. The quantitative estimate of drug-likeness (QED) is 0.582. The first kappa shape index (κ1) is 15.5. The summed E-state index contributed by atoms with van der Waals surface area (Å²) in [5.41, 5.74) is 2.29. The van der Waals surface area contributed by atoms with Gasteiger partial charge in [0, 0.05) is 4.90 Å². The zero-order valence-corrected chi connectivity index (χ0v) is 14.2. The molecule has 2 aromatic rings. The highest BCUT2D eigenvalue weighted by molar-refractivity contribution is 7.98. The number of carbonyl (C=O) groups excluding carboxylic acids is 2. The van der Waals surface area contributed by atoms with Crippen molar-refractivity contribution in [2.24, 2.45) is 0 Å². The zero-order valence-electron chi connectivity index (χ0n) is 13.4. The van der Waals surface area contributed by atoms with Gasteiger partial charge in [0.05, 0.1) is 11.1 Å². The Morgan fingerprint density at radius 2 is 1.38 bits per heavy atom. The van der Waals surface area contributed by atoms with E-state index in [0.717, 1.165) is 4.90 Å². The highest BCUT2D eigenvalue weighted by Crippen LogP contribution is 2.40. The van der Waals surface area contributed by atoms with Gasteiger partial charge in [-0.25, -0.2) is 4.31 Å². The summed E-state index contributed by atoms with van der Waals surface area (Å²) in [4.78, 5) is 26.2. The van der Waals surface area contributed by atoms with Crippen molar-refractivity contribution in [3.05, 3.63) is 65.2 Å². The first-order valence-corrected chi connectivity index (χ1v) is 9.28. The maximum absolute atomic E-state index is 12.6. The van der Waals surface area contributed by atoms with Crippen LogP contribution in [0.1, 0.15) is 64.3 Å². The number of hydrogen-bond donors (Lipinski definition) is 0. The molecule has 0 saturated heterocycles. The van der Waals surface area contributed by atoms with Gasteiger partial charge in [-0.2, -0.15) is 0 Å². The molecule has 1 aliphatic heterocycles. The van der Waals surface area contributed by atoms with E-state index < -0.39 is 0 Å². The lowest BCUT2D eigenvalue weighted by molar-refractivity contribution is 0.0777. The second kappa shape index (κ2) is 6.44. The molecule has 0 aromatic heterocycles.